The molecule has 0 heterocycles. The zero-order valence-electron chi connectivity index (χ0n) is 26.0. The van der Waals surface area contributed by atoms with Crippen molar-refractivity contribution in [3.05, 3.63) is 65.7 Å². The fourth-order valence-corrected chi connectivity index (χ4v) is 9.27. The Labute approximate surface area is 266 Å². The molecule has 0 radical (unpaired) electrons. The third-order valence-corrected chi connectivity index (χ3v) is 11.8. The first-order valence-corrected chi connectivity index (χ1v) is 18.3. The van der Waals surface area contributed by atoms with Crippen LogP contribution in [-0.4, -0.2) is 33.5 Å². The fourth-order valence-electron chi connectivity index (χ4n) is 8.00. The second-order valence-corrected chi connectivity index (χ2v) is 15.2. The third kappa shape index (κ3) is 9.55. The highest BCUT2D eigenvalue weighted by atomic mass is 32.2. The van der Waals surface area contributed by atoms with Crippen LogP contribution in [-0.2, 0) is 21.0 Å². The minimum Gasteiger partial charge on any atom is -0.353 e. The Morgan fingerprint density at radius 1 is 0.889 bits per heavy atom. The molecule has 3 unspecified atom stereocenters. The van der Waals surface area contributed by atoms with Gasteiger partial charge >= 0.3 is 6.18 Å². The summed E-state index contributed by atoms with van der Waals surface area (Å²) in [6.45, 7) is 2.26. The van der Waals surface area contributed by atoms with E-state index in [9.17, 15) is 26.4 Å². The Kier molecular flexibility index (Phi) is 11.6. The molecule has 1 amide bonds. The quantitative estimate of drug-likeness (QED) is 0.198. The van der Waals surface area contributed by atoms with Crippen LogP contribution in [0, 0.1) is 23.7 Å². The first-order valence-electron chi connectivity index (χ1n) is 16.8. The zero-order chi connectivity index (χ0) is 31.9. The molecule has 248 valence electrons. The minimum atomic E-state index is -4.67. The second-order valence-electron chi connectivity index (χ2n) is 13.5. The van der Waals surface area contributed by atoms with Crippen molar-refractivity contribution in [3.63, 3.8) is 0 Å². The van der Waals surface area contributed by atoms with Gasteiger partial charge in [-0.1, -0.05) is 68.5 Å². The fraction of sp³-hybridized carbons (Fsp3) is 0.629. The summed E-state index contributed by atoms with van der Waals surface area (Å²) in [5.74, 6) is 2.38. The SMILES string of the molecule is O=C(C[C@@H](NS(=O)(=O)c1cccc(C(F)(F)F)c1)c1ccccc1)N[C@@H]1CCCC2CC(CCCNCC3CCCC3)CCC21. The summed E-state index contributed by atoms with van der Waals surface area (Å²) in [6, 6.07) is 11.5. The molecule has 2 aromatic carbocycles. The standard InChI is InChI=1S/C35H48F3N3O3S/c36-35(37,38)29-15-7-16-30(22-29)45(43,44)41-33(27-12-2-1-3-13-27)23-34(42)40-32-17-6-14-28-21-25(18-19-31(28)32)11-8-20-39-24-26-9-4-5-10-26/h1-3,7,12-13,15-16,22,25-26,28,31-33,39,41H,4-6,8-11,14,17-21,23-24H2,(H,40,42)/t25?,28?,31?,32-,33-/m1/s1. The Balaban J connectivity index is 1.16. The maximum Gasteiger partial charge on any atom is 0.416 e. The molecule has 3 aliphatic carbocycles. The number of hydrogen-bond donors (Lipinski definition) is 3. The summed E-state index contributed by atoms with van der Waals surface area (Å²) in [4.78, 5) is 12.9. The first kappa shape index (κ1) is 33.9. The lowest BCUT2D eigenvalue weighted by atomic mass is 9.64. The number of fused-ring (bicyclic) bond motifs is 1. The summed E-state index contributed by atoms with van der Waals surface area (Å²) in [5, 5.41) is 6.92. The van der Waals surface area contributed by atoms with Crippen molar-refractivity contribution in [2.45, 2.75) is 107 Å². The average molecular weight is 648 g/mol. The van der Waals surface area contributed by atoms with Gasteiger partial charge in [0.1, 0.15) is 0 Å². The van der Waals surface area contributed by atoms with Gasteiger partial charge in [-0.25, -0.2) is 13.1 Å². The van der Waals surface area contributed by atoms with E-state index in [-0.39, 0.29) is 18.4 Å². The number of halogens is 3. The molecule has 5 rings (SSSR count). The Morgan fingerprint density at radius 2 is 1.67 bits per heavy atom. The molecule has 0 aliphatic heterocycles. The molecule has 3 saturated carbocycles. The van der Waals surface area contributed by atoms with Crippen molar-refractivity contribution in [2.24, 2.45) is 23.7 Å². The van der Waals surface area contributed by atoms with Crippen LogP contribution in [0.1, 0.15) is 101 Å². The van der Waals surface area contributed by atoms with E-state index >= 15 is 0 Å². The summed E-state index contributed by atoms with van der Waals surface area (Å²) in [6.07, 6.45) is 9.81. The molecule has 6 nitrogen and oxygen atoms in total. The number of carbonyl (C=O) groups is 1. The maximum absolute atomic E-state index is 13.4. The van der Waals surface area contributed by atoms with Gasteiger partial charge in [-0.15, -0.1) is 0 Å². The molecule has 2 aromatic rings. The van der Waals surface area contributed by atoms with Gasteiger partial charge < -0.3 is 10.6 Å². The van der Waals surface area contributed by atoms with Crippen molar-refractivity contribution in [2.75, 3.05) is 13.1 Å². The van der Waals surface area contributed by atoms with Gasteiger partial charge in [0.05, 0.1) is 16.5 Å². The molecule has 10 heteroatoms. The number of alkyl halides is 3. The Morgan fingerprint density at radius 3 is 2.42 bits per heavy atom. The Bertz CT molecular complexity index is 1350. The number of hydrogen-bond acceptors (Lipinski definition) is 4. The third-order valence-electron chi connectivity index (χ3n) is 10.3. The lowest BCUT2D eigenvalue weighted by Crippen LogP contribution is -2.48. The van der Waals surface area contributed by atoms with E-state index in [4.69, 9.17) is 0 Å². The summed E-state index contributed by atoms with van der Waals surface area (Å²) in [5.41, 5.74) is -0.472. The van der Waals surface area contributed by atoms with E-state index in [0.29, 0.717) is 23.5 Å². The number of benzene rings is 2. The molecular weight excluding hydrogens is 599 g/mol. The van der Waals surface area contributed by atoms with Gasteiger partial charge in [-0.05, 0) is 105 Å². The zero-order valence-corrected chi connectivity index (χ0v) is 26.9. The molecular formula is C35H48F3N3O3S. The summed E-state index contributed by atoms with van der Waals surface area (Å²) < 4.78 is 68.8. The Hall–Kier alpha value is -2.43. The average Bonchev–Trinajstić information content (AvgIpc) is 3.54. The molecule has 0 saturated heterocycles. The lowest BCUT2D eigenvalue weighted by molar-refractivity contribution is -0.137. The van der Waals surface area contributed by atoms with Gasteiger partial charge in [0, 0.05) is 12.5 Å². The maximum atomic E-state index is 13.4. The van der Waals surface area contributed by atoms with Crippen LogP contribution in [0.3, 0.4) is 0 Å². The molecule has 3 fully saturated rings. The van der Waals surface area contributed by atoms with Gasteiger partial charge in [-0.3, -0.25) is 4.79 Å². The van der Waals surface area contributed by atoms with E-state index in [1.807, 2.05) is 0 Å². The number of rotatable bonds is 13. The summed E-state index contributed by atoms with van der Waals surface area (Å²) in [7, 11) is -4.34. The molecule has 45 heavy (non-hydrogen) atoms. The lowest BCUT2D eigenvalue weighted by Gasteiger charge is -2.44. The normalized spacial score (nSPS) is 25.0. The van der Waals surface area contributed by atoms with Gasteiger partial charge in [0.25, 0.3) is 0 Å². The second kappa shape index (κ2) is 15.4. The molecule has 0 aromatic heterocycles. The van der Waals surface area contributed by atoms with Crippen molar-refractivity contribution in [3.8, 4) is 0 Å². The van der Waals surface area contributed by atoms with Gasteiger partial charge in [-0.2, -0.15) is 13.2 Å². The number of amides is 1. The van der Waals surface area contributed by atoms with Crippen LogP contribution < -0.4 is 15.4 Å². The van der Waals surface area contributed by atoms with Crippen molar-refractivity contribution < 1.29 is 26.4 Å². The van der Waals surface area contributed by atoms with Crippen LogP contribution in [0.25, 0.3) is 0 Å². The largest absolute Gasteiger partial charge is 0.416 e. The number of sulfonamides is 1. The first-order chi connectivity index (χ1) is 21.6. The topological polar surface area (TPSA) is 87.3 Å². The monoisotopic (exact) mass is 647 g/mol. The molecule has 5 atom stereocenters. The van der Waals surface area contributed by atoms with E-state index in [1.54, 1.807) is 30.3 Å². The highest BCUT2D eigenvalue weighted by Crippen LogP contribution is 2.44. The van der Waals surface area contributed by atoms with Crippen LogP contribution in [0.4, 0.5) is 13.2 Å². The molecule has 0 spiro atoms. The molecule has 0 bridgehead atoms. The molecule has 3 aliphatic rings. The predicted octanol–water partition coefficient (Wildman–Crippen LogP) is 7.38. The minimum absolute atomic E-state index is 0.0572. The van der Waals surface area contributed by atoms with E-state index in [2.05, 4.69) is 15.4 Å². The van der Waals surface area contributed by atoms with Gasteiger partial charge in [0.15, 0.2) is 0 Å². The van der Waals surface area contributed by atoms with Crippen LogP contribution >= 0.6 is 0 Å². The van der Waals surface area contributed by atoms with E-state index in [1.165, 1.54) is 57.8 Å². The predicted molar refractivity (Wildman–Crippen MR) is 170 cm³/mol. The van der Waals surface area contributed by atoms with Gasteiger partial charge in [0.2, 0.25) is 15.9 Å². The smallest absolute Gasteiger partial charge is 0.353 e. The molecule has 3 N–H and O–H groups in total. The number of carbonyl (C=O) groups excluding carboxylic acids is 1. The highest BCUT2D eigenvalue weighted by molar-refractivity contribution is 7.89. The van der Waals surface area contributed by atoms with Crippen molar-refractivity contribution in [1.82, 2.24) is 15.4 Å². The van der Waals surface area contributed by atoms with Crippen molar-refractivity contribution >= 4 is 15.9 Å². The van der Waals surface area contributed by atoms with Crippen LogP contribution in [0.15, 0.2) is 59.5 Å². The highest BCUT2D eigenvalue weighted by Gasteiger charge is 2.39. The van der Waals surface area contributed by atoms with E-state index in [0.717, 1.165) is 62.4 Å². The van der Waals surface area contributed by atoms with Crippen molar-refractivity contribution in [1.29, 1.82) is 0 Å². The van der Waals surface area contributed by atoms with Crippen LogP contribution in [0.2, 0.25) is 0 Å². The summed E-state index contributed by atoms with van der Waals surface area (Å²) >= 11 is 0. The van der Waals surface area contributed by atoms with Crippen LogP contribution in [0.5, 0.6) is 0 Å². The van der Waals surface area contributed by atoms with E-state index < -0.39 is 32.7 Å². The number of nitrogens with one attached hydrogen (secondary N) is 3.